The van der Waals surface area contributed by atoms with Crippen molar-refractivity contribution in [2.24, 2.45) is 0 Å². The molecule has 1 aromatic rings. The van der Waals surface area contributed by atoms with Gasteiger partial charge in [-0.1, -0.05) is 17.7 Å². The minimum Gasteiger partial charge on any atom is -0.376 e. The number of piperazine rings is 1. The monoisotopic (exact) mass is 261 g/mol. The number of anilines is 1. The number of nitrogens with zero attached hydrogens (tertiary/aromatic N) is 1. The molecular formula is C14H19N3O2. The standard InChI is InChI=1S/C14H19N3O2/c1-10-3-4-12(11(2)7-10)16-8-14(19)17-6-5-15-13(18)9-17/h3-4,7,16H,5-6,8-9H2,1-2H3,(H,15,18). The molecular weight excluding hydrogens is 242 g/mol. The van der Waals surface area contributed by atoms with Crippen LogP contribution >= 0.6 is 0 Å². The van der Waals surface area contributed by atoms with Crippen LogP contribution in [0, 0.1) is 13.8 Å². The van der Waals surface area contributed by atoms with Crippen LogP contribution in [0.4, 0.5) is 5.69 Å². The molecule has 1 saturated heterocycles. The van der Waals surface area contributed by atoms with Crippen molar-refractivity contribution in [3.8, 4) is 0 Å². The predicted molar refractivity (Wildman–Crippen MR) is 74.0 cm³/mol. The molecule has 1 heterocycles. The van der Waals surface area contributed by atoms with Gasteiger partial charge in [-0.15, -0.1) is 0 Å². The number of aryl methyl sites for hydroxylation is 2. The van der Waals surface area contributed by atoms with Crippen molar-refractivity contribution in [1.82, 2.24) is 10.2 Å². The van der Waals surface area contributed by atoms with Crippen LogP contribution in [0.3, 0.4) is 0 Å². The van der Waals surface area contributed by atoms with Crippen LogP contribution in [-0.2, 0) is 9.59 Å². The van der Waals surface area contributed by atoms with E-state index < -0.39 is 0 Å². The lowest BCUT2D eigenvalue weighted by Gasteiger charge is -2.27. The summed E-state index contributed by atoms with van der Waals surface area (Å²) in [6.07, 6.45) is 0. The van der Waals surface area contributed by atoms with Crippen LogP contribution in [0.5, 0.6) is 0 Å². The maximum absolute atomic E-state index is 12.0. The van der Waals surface area contributed by atoms with E-state index in [2.05, 4.69) is 16.7 Å². The largest absolute Gasteiger partial charge is 0.376 e. The van der Waals surface area contributed by atoms with Crippen LogP contribution in [0.25, 0.3) is 0 Å². The zero-order chi connectivity index (χ0) is 13.8. The maximum Gasteiger partial charge on any atom is 0.242 e. The molecule has 0 spiro atoms. The summed E-state index contributed by atoms with van der Waals surface area (Å²) < 4.78 is 0. The average molecular weight is 261 g/mol. The van der Waals surface area contributed by atoms with Gasteiger partial charge in [0.2, 0.25) is 11.8 Å². The summed E-state index contributed by atoms with van der Waals surface area (Å²) in [5.41, 5.74) is 3.27. The molecule has 0 aliphatic carbocycles. The molecule has 102 valence electrons. The lowest BCUT2D eigenvalue weighted by molar-refractivity contribution is -0.136. The minimum atomic E-state index is -0.0916. The van der Waals surface area contributed by atoms with Crippen molar-refractivity contribution in [3.05, 3.63) is 29.3 Å². The average Bonchev–Trinajstić information content (AvgIpc) is 2.37. The molecule has 1 aliphatic heterocycles. The highest BCUT2D eigenvalue weighted by Gasteiger charge is 2.20. The minimum absolute atomic E-state index is 0.0465. The quantitative estimate of drug-likeness (QED) is 0.841. The lowest BCUT2D eigenvalue weighted by Crippen LogP contribution is -2.51. The normalized spacial score (nSPS) is 15.1. The molecule has 19 heavy (non-hydrogen) atoms. The van der Waals surface area contributed by atoms with E-state index in [9.17, 15) is 9.59 Å². The smallest absolute Gasteiger partial charge is 0.242 e. The van der Waals surface area contributed by atoms with E-state index in [1.807, 2.05) is 26.0 Å². The third kappa shape index (κ3) is 3.47. The highest BCUT2D eigenvalue weighted by molar-refractivity contribution is 5.87. The second kappa shape index (κ2) is 5.73. The first kappa shape index (κ1) is 13.4. The Hall–Kier alpha value is -2.04. The number of amides is 2. The fourth-order valence-electron chi connectivity index (χ4n) is 2.15. The maximum atomic E-state index is 12.0. The fraction of sp³-hybridized carbons (Fsp3) is 0.429. The summed E-state index contributed by atoms with van der Waals surface area (Å²) >= 11 is 0. The lowest BCUT2D eigenvalue weighted by atomic mass is 10.1. The van der Waals surface area contributed by atoms with E-state index in [0.29, 0.717) is 13.1 Å². The molecule has 0 unspecified atom stereocenters. The van der Waals surface area contributed by atoms with Crippen LogP contribution in [0.2, 0.25) is 0 Å². The third-order valence-corrected chi connectivity index (χ3v) is 3.20. The number of benzene rings is 1. The van der Waals surface area contributed by atoms with Gasteiger partial charge in [0.1, 0.15) is 0 Å². The number of carbonyl (C=O) groups is 2. The molecule has 2 amide bonds. The Balaban J connectivity index is 1.91. The highest BCUT2D eigenvalue weighted by atomic mass is 16.2. The second-order valence-electron chi connectivity index (χ2n) is 4.84. The van der Waals surface area contributed by atoms with E-state index in [-0.39, 0.29) is 24.9 Å². The van der Waals surface area contributed by atoms with Gasteiger partial charge < -0.3 is 15.5 Å². The van der Waals surface area contributed by atoms with Crippen molar-refractivity contribution in [3.63, 3.8) is 0 Å². The molecule has 1 aromatic carbocycles. The molecule has 1 fully saturated rings. The zero-order valence-corrected chi connectivity index (χ0v) is 11.3. The summed E-state index contributed by atoms with van der Waals surface area (Å²) in [7, 11) is 0. The van der Waals surface area contributed by atoms with Crippen molar-refractivity contribution in [2.45, 2.75) is 13.8 Å². The Morgan fingerprint density at radius 2 is 2.21 bits per heavy atom. The van der Waals surface area contributed by atoms with Gasteiger partial charge in [-0.25, -0.2) is 0 Å². The SMILES string of the molecule is Cc1ccc(NCC(=O)N2CCNC(=O)C2)c(C)c1. The van der Waals surface area contributed by atoms with Crippen LogP contribution in [-0.4, -0.2) is 42.9 Å². The molecule has 0 radical (unpaired) electrons. The number of rotatable bonds is 3. The van der Waals surface area contributed by atoms with E-state index in [0.717, 1.165) is 11.3 Å². The van der Waals surface area contributed by atoms with Crippen molar-refractivity contribution in [1.29, 1.82) is 0 Å². The molecule has 0 saturated carbocycles. The topological polar surface area (TPSA) is 61.4 Å². The van der Waals surface area contributed by atoms with Gasteiger partial charge in [-0.05, 0) is 25.5 Å². The summed E-state index contributed by atoms with van der Waals surface area (Å²) in [6.45, 7) is 5.54. The number of hydrogen-bond donors (Lipinski definition) is 2. The van der Waals surface area contributed by atoms with Crippen molar-refractivity contribution < 1.29 is 9.59 Å². The Kier molecular flexibility index (Phi) is 4.04. The summed E-state index contributed by atoms with van der Waals surface area (Å²) in [4.78, 5) is 24.8. The van der Waals surface area contributed by atoms with Gasteiger partial charge in [0.05, 0.1) is 13.1 Å². The van der Waals surface area contributed by atoms with E-state index in [4.69, 9.17) is 0 Å². The molecule has 0 bridgehead atoms. The first-order valence-electron chi connectivity index (χ1n) is 6.42. The van der Waals surface area contributed by atoms with Gasteiger partial charge in [-0.2, -0.15) is 0 Å². The first-order valence-corrected chi connectivity index (χ1v) is 6.42. The van der Waals surface area contributed by atoms with Gasteiger partial charge in [0, 0.05) is 18.8 Å². The molecule has 5 nitrogen and oxygen atoms in total. The number of nitrogens with one attached hydrogen (secondary N) is 2. The number of carbonyl (C=O) groups excluding carboxylic acids is 2. The Bertz CT molecular complexity index is 499. The van der Waals surface area contributed by atoms with Crippen molar-refractivity contribution >= 4 is 17.5 Å². The van der Waals surface area contributed by atoms with E-state index in [1.54, 1.807) is 4.90 Å². The van der Waals surface area contributed by atoms with Gasteiger partial charge in [0.25, 0.3) is 0 Å². The summed E-state index contributed by atoms with van der Waals surface area (Å²) in [6, 6.07) is 6.05. The molecule has 0 atom stereocenters. The number of hydrogen-bond acceptors (Lipinski definition) is 3. The second-order valence-corrected chi connectivity index (χ2v) is 4.84. The highest BCUT2D eigenvalue weighted by Crippen LogP contribution is 2.15. The van der Waals surface area contributed by atoms with Gasteiger partial charge in [0.15, 0.2) is 0 Å². The Labute approximate surface area is 113 Å². The molecule has 0 aromatic heterocycles. The van der Waals surface area contributed by atoms with Crippen LogP contribution < -0.4 is 10.6 Å². The van der Waals surface area contributed by atoms with Gasteiger partial charge >= 0.3 is 0 Å². The molecule has 1 aliphatic rings. The van der Waals surface area contributed by atoms with E-state index in [1.165, 1.54) is 5.56 Å². The van der Waals surface area contributed by atoms with Crippen LogP contribution in [0.15, 0.2) is 18.2 Å². The Morgan fingerprint density at radius 1 is 1.42 bits per heavy atom. The molecule has 5 heteroatoms. The molecule has 2 N–H and O–H groups in total. The van der Waals surface area contributed by atoms with Crippen LogP contribution in [0.1, 0.15) is 11.1 Å². The predicted octanol–water partition coefficient (Wildman–Crippen LogP) is 0.674. The fourth-order valence-corrected chi connectivity index (χ4v) is 2.15. The summed E-state index contributed by atoms with van der Waals surface area (Å²) in [5.74, 6) is -0.138. The Morgan fingerprint density at radius 3 is 2.89 bits per heavy atom. The van der Waals surface area contributed by atoms with E-state index >= 15 is 0 Å². The first-order chi connectivity index (χ1) is 9.06. The zero-order valence-electron chi connectivity index (χ0n) is 11.3. The van der Waals surface area contributed by atoms with Crippen molar-refractivity contribution in [2.75, 3.05) is 31.5 Å². The molecule has 2 rings (SSSR count). The summed E-state index contributed by atoms with van der Waals surface area (Å²) in [5, 5.41) is 5.83. The third-order valence-electron chi connectivity index (χ3n) is 3.20. The van der Waals surface area contributed by atoms with Gasteiger partial charge in [-0.3, -0.25) is 9.59 Å².